The summed E-state index contributed by atoms with van der Waals surface area (Å²) >= 11 is 0. The van der Waals surface area contributed by atoms with Gasteiger partial charge in [0.2, 0.25) is 5.88 Å². The van der Waals surface area contributed by atoms with Crippen molar-refractivity contribution < 1.29 is 9.13 Å². The first-order valence-corrected chi connectivity index (χ1v) is 7.15. The fourth-order valence-corrected chi connectivity index (χ4v) is 1.89. The maximum atomic E-state index is 13.8. The molecule has 0 aliphatic carbocycles. The lowest BCUT2D eigenvalue weighted by Crippen LogP contribution is -2.18. The van der Waals surface area contributed by atoms with Crippen molar-refractivity contribution in [1.29, 1.82) is 0 Å². The molecule has 0 bridgehead atoms. The van der Waals surface area contributed by atoms with Crippen LogP contribution < -0.4 is 10.1 Å². The molecular weight excluding hydrogens is 267 g/mol. The van der Waals surface area contributed by atoms with E-state index in [1.54, 1.807) is 37.4 Å². The predicted molar refractivity (Wildman–Crippen MR) is 82.0 cm³/mol. The standard InChI is InChI=1S/C17H21FN2O/c1-12(2)9-19-10-14-7-8-16(20-11-14)21-15-6-4-5-13(3)17(15)18/h4-8,11-12,19H,9-10H2,1-3H3. The summed E-state index contributed by atoms with van der Waals surface area (Å²) in [5, 5.41) is 3.35. The zero-order chi connectivity index (χ0) is 15.2. The second kappa shape index (κ2) is 7.18. The molecule has 2 aromatic rings. The lowest BCUT2D eigenvalue weighted by atomic mass is 10.2. The number of pyridine rings is 1. The molecule has 0 saturated heterocycles. The number of ether oxygens (including phenoxy) is 1. The highest BCUT2D eigenvalue weighted by Crippen LogP contribution is 2.24. The van der Waals surface area contributed by atoms with Crippen molar-refractivity contribution in [3.05, 3.63) is 53.5 Å². The van der Waals surface area contributed by atoms with Gasteiger partial charge >= 0.3 is 0 Å². The van der Waals surface area contributed by atoms with Gasteiger partial charge in [-0.3, -0.25) is 0 Å². The van der Waals surface area contributed by atoms with E-state index in [0.717, 1.165) is 18.7 Å². The number of aromatic nitrogens is 1. The average molecular weight is 288 g/mol. The van der Waals surface area contributed by atoms with Gasteiger partial charge in [-0.05, 0) is 36.6 Å². The smallest absolute Gasteiger partial charge is 0.219 e. The Morgan fingerprint density at radius 2 is 2.05 bits per heavy atom. The van der Waals surface area contributed by atoms with Gasteiger partial charge < -0.3 is 10.1 Å². The van der Waals surface area contributed by atoms with Gasteiger partial charge in [-0.2, -0.15) is 0 Å². The second-order valence-electron chi connectivity index (χ2n) is 5.52. The molecule has 1 aromatic carbocycles. The van der Waals surface area contributed by atoms with E-state index in [1.807, 2.05) is 6.07 Å². The number of rotatable bonds is 6. The fraction of sp³-hybridized carbons (Fsp3) is 0.353. The first kappa shape index (κ1) is 15.4. The Kier molecular flexibility index (Phi) is 5.28. The van der Waals surface area contributed by atoms with Crippen LogP contribution in [0.4, 0.5) is 4.39 Å². The molecule has 0 aliphatic heterocycles. The molecular formula is C17H21FN2O. The molecule has 3 nitrogen and oxygen atoms in total. The number of benzene rings is 1. The normalized spacial score (nSPS) is 10.9. The predicted octanol–water partition coefficient (Wildman–Crippen LogP) is 4.07. The Hall–Kier alpha value is -1.94. The molecule has 0 saturated carbocycles. The average Bonchev–Trinajstić information content (AvgIpc) is 2.45. The third-order valence-corrected chi connectivity index (χ3v) is 3.05. The van der Waals surface area contributed by atoms with Crippen molar-refractivity contribution in [3.63, 3.8) is 0 Å². The molecule has 1 heterocycles. The first-order chi connectivity index (χ1) is 10.1. The summed E-state index contributed by atoms with van der Waals surface area (Å²) < 4.78 is 19.3. The molecule has 0 fully saturated rings. The van der Waals surface area contributed by atoms with E-state index in [0.29, 0.717) is 17.4 Å². The lowest BCUT2D eigenvalue weighted by molar-refractivity contribution is 0.425. The Morgan fingerprint density at radius 3 is 2.71 bits per heavy atom. The minimum absolute atomic E-state index is 0.202. The zero-order valence-electron chi connectivity index (χ0n) is 12.7. The third kappa shape index (κ3) is 4.53. The van der Waals surface area contributed by atoms with E-state index in [2.05, 4.69) is 24.1 Å². The maximum Gasteiger partial charge on any atom is 0.219 e. The first-order valence-electron chi connectivity index (χ1n) is 7.15. The van der Waals surface area contributed by atoms with Crippen LogP contribution in [0.15, 0.2) is 36.5 Å². The molecule has 4 heteroatoms. The van der Waals surface area contributed by atoms with Crippen LogP contribution in [0.3, 0.4) is 0 Å². The molecule has 1 N–H and O–H groups in total. The third-order valence-electron chi connectivity index (χ3n) is 3.05. The summed E-state index contributed by atoms with van der Waals surface area (Å²) in [5.41, 5.74) is 1.63. The fourth-order valence-electron chi connectivity index (χ4n) is 1.89. The molecule has 0 amide bonds. The van der Waals surface area contributed by atoms with Crippen molar-refractivity contribution in [2.24, 2.45) is 5.92 Å². The Balaban J connectivity index is 1.97. The van der Waals surface area contributed by atoms with Gasteiger partial charge in [0, 0.05) is 18.8 Å². The summed E-state index contributed by atoms with van der Waals surface area (Å²) in [6, 6.07) is 8.76. The number of hydrogen-bond donors (Lipinski definition) is 1. The van der Waals surface area contributed by atoms with Crippen LogP contribution in [-0.2, 0) is 6.54 Å². The van der Waals surface area contributed by atoms with Gasteiger partial charge in [0.1, 0.15) is 0 Å². The molecule has 0 aliphatic rings. The summed E-state index contributed by atoms with van der Waals surface area (Å²) in [6.07, 6.45) is 1.75. The minimum atomic E-state index is -0.345. The molecule has 0 unspecified atom stereocenters. The van der Waals surface area contributed by atoms with E-state index in [-0.39, 0.29) is 11.6 Å². The monoisotopic (exact) mass is 288 g/mol. The Bertz CT molecular complexity index is 582. The Morgan fingerprint density at radius 1 is 1.24 bits per heavy atom. The quantitative estimate of drug-likeness (QED) is 0.870. The van der Waals surface area contributed by atoms with E-state index in [9.17, 15) is 4.39 Å². The van der Waals surface area contributed by atoms with Gasteiger partial charge in [0.15, 0.2) is 11.6 Å². The van der Waals surface area contributed by atoms with Gasteiger partial charge in [-0.1, -0.05) is 32.0 Å². The van der Waals surface area contributed by atoms with Crippen LogP contribution in [-0.4, -0.2) is 11.5 Å². The highest BCUT2D eigenvalue weighted by Gasteiger charge is 2.07. The van der Waals surface area contributed by atoms with Crippen molar-refractivity contribution >= 4 is 0 Å². The summed E-state index contributed by atoms with van der Waals surface area (Å²) in [7, 11) is 0. The van der Waals surface area contributed by atoms with Crippen LogP contribution in [0.1, 0.15) is 25.0 Å². The number of hydrogen-bond acceptors (Lipinski definition) is 3. The molecule has 0 atom stereocenters. The van der Waals surface area contributed by atoms with Crippen molar-refractivity contribution in [2.75, 3.05) is 6.54 Å². The van der Waals surface area contributed by atoms with Gasteiger partial charge in [0.05, 0.1) is 0 Å². The second-order valence-corrected chi connectivity index (χ2v) is 5.52. The number of aryl methyl sites for hydroxylation is 1. The van der Waals surface area contributed by atoms with Crippen LogP contribution in [0.5, 0.6) is 11.6 Å². The molecule has 21 heavy (non-hydrogen) atoms. The van der Waals surface area contributed by atoms with Crippen molar-refractivity contribution in [2.45, 2.75) is 27.3 Å². The topological polar surface area (TPSA) is 34.1 Å². The van der Waals surface area contributed by atoms with E-state index < -0.39 is 0 Å². The van der Waals surface area contributed by atoms with Gasteiger partial charge in [0.25, 0.3) is 0 Å². The van der Waals surface area contributed by atoms with Crippen LogP contribution in [0, 0.1) is 18.7 Å². The van der Waals surface area contributed by atoms with E-state index in [1.165, 1.54) is 0 Å². The van der Waals surface area contributed by atoms with Crippen LogP contribution in [0.2, 0.25) is 0 Å². The number of nitrogens with zero attached hydrogens (tertiary/aromatic N) is 1. The summed E-state index contributed by atoms with van der Waals surface area (Å²) in [6.45, 7) is 7.77. The molecule has 1 aromatic heterocycles. The highest BCUT2D eigenvalue weighted by molar-refractivity contribution is 5.33. The largest absolute Gasteiger partial charge is 0.436 e. The minimum Gasteiger partial charge on any atom is -0.436 e. The number of nitrogens with one attached hydrogen (secondary N) is 1. The van der Waals surface area contributed by atoms with E-state index >= 15 is 0 Å². The zero-order valence-corrected chi connectivity index (χ0v) is 12.7. The molecule has 0 spiro atoms. The maximum absolute atomic E-state index is 13.8. The van der Waals surface area contributed by atoms with Crippen molar-refractivity contribution in [3.8, 4) is 11.6 Å². The molecule has 2 rings (SSSR count). The van der Waals surface area contributed by atoms with Crippen LogP contribution >= 0.6 is 0 Å². The van der Waals surface area contributed by atoms with E-state index in [4.69, 9.17) is 4.74 Å². The number of halogens is 1. The van der Waals surface area contributed by atoms with Crippen LogP contribution in [0.25, 0.3) is 0 Å². The highest BCUT2D eigenvalue weighted by atomic mass is 19.1. The summed E-state index contributed by atoms with van der Waals surface area (Å²) in [5.74, 6) is 0.868. The summed E-state index contributed by atoms with van der Waals surface area (Å²) in [4.78, 5) is 4.21. The van der Waals surface area contributed by atoms with Gasteiger partial charge in [-0.25, -0.2) is 9.37 Å². The molecule has 0 radical (unpaired) electrons. The molecule has 112 valence electrons. The Labute approximate surface area is 125 Å². The SMILES string of the molecule is Cc1cccc(Oc2ccc(CNCC(C)C)cn2)c1F. The lowest BCUT2D eigenvalue weighted by Gasteiger charge is -2.09. The van der Waals surface area contributed by atoms with Crippen molar-refractivity contribution in [1.82, 2.24) is 10.3 Å². The van der Waals surface area contributed by atoms with Gasteiger partial charge in [-0.15, -0.1) is 0 Å².